The van der Waals surface area contributed by atoms with Gasteiger partial charge in [-0.25, -0.2) is 0 Å². The Bertz CT molecular complexity index is 306. The molecule has 0 atom stereocenters. The maximum absolute atomic E-state index is 11.2. The van der Waals surface area contributed by atoms with Crippen molar-refractivity contribution in [2.45, 2.75) is 27.3 Å². The molecule has 14 heavy (non-hydrogen) atoms. The average molecular weight is 193 g/mol. The van der Waals surface area contributed by atoms with Crippen molar-refractivity contribution in [1.82, 2.24) is 15.3 Å². The van der Waals surface area contributed by atoms with Gasteiger partial charge >= 0.3 is 0 Å². The van der Waals surface area contributed by atoms with E-state index in [2.05, 4.69) is 15.3 Å². The molecule has 0 aromatic carbocycles. The number of hydrogen-bond donors (Lipinski definition) is 1. The van der Waals surface area contributed by atoms with Crippen molar-refractivity contribution in [2.24, 2.45) is 5.92 Å². The Morgan fingerprint density at radius 2 is 2.14 bits per heavy atom. The second kappa shape index (κ2) is 4.69. The smallest absolute Gasteiger partial charge is 0.222 e. The van der Waals surface area contributed by atoms with Crippen LogP contribution >= 0.6 is 0 Å². The summed E-state index contributed by atoms with van der Waals surface area (Å²) in [6, 6.07) is 0. The zero-order valence-electron chi connectivity index (χ0n) is 8.74. The van der Waals surface area contributed by atoms with E-state index in [9.17, 15) is 4.79 Å². The maximum atomic E-state index is 11.2. The molecule has 4 heteroatoms. The van der Waals surface area contributed by atoms with E-state index in [0.717, 1.165) is 11.4 Å². The number of rotatable bonds is 3. The van der Waals surface area contributed by atoms with Gasteiger partial charge in [0.25, 0.3) is 0 Å². The second-order valence-electron chi connectivity index (χ2n) is 3.52. The van der Waals surface area contributed by atoms with Gasteiger partial charge in [-0.2, -0.15) is 0 Å². The van der Waals surface area contributed by atoms with Crippen molar-refractivity contribution in [3.05, 3.63) is 23.8 Å². The predicted octanol–water partition coefficient (Wildman–Crippen LogP) is 1.06. The van der Waals surface area contributed by atoms with Crippen molar-refractivity contribution in [3.8, 4) is 0 Å². The number of nitrogens with zero attached hydrogens (tertiary/aromatic N) is 2. The van der Waals surface area contributed by atoms with E-state index in [-0.39, 0.29) is 11.8 Å². The molecule has 0 saturated carbocycles. The van der Waals surface area contributed by atoms with Gasteiger partial charge in [0.1, 0.15) is 0 Å². The SMILES string of the molecule is Cc1cnc(CNC(=O)C(C)C)cn1. The van der Waals surface area contributed by atoms with Crippen LogP contribution in [-0.2, 0) is 11.3 Å². The first-order chi connectivity index (χ1) is 6.59. The molecule has 0 aliphatic carbocycles. The van der Waals surface area contributed by atoms with Crippen molar-refractivity contribution >= 4 is 5.91 Å². The molecule has 1 rings (SSSR count). The minimum absolute atomic E-state index is 0.00778. The highest BCUT2D eigenvalue weighted by Gasteiger charge is 2.05. The molecule has 1 aromatic heterocycles. The van der Waals surface area contributed by atoms with Crippen LogP contribution in [0.1, 0.15) is 25.2 Å². The summed E-state index contributed by atoms with van der Waals surface area (Å²) >= 11 is 0. The topological polar surface area (TPSA) is 54.9 Å². The number of aryl methyl sites for hydroxylation is 1. The summed E-state index contributed by atoms with van der Waals surface area (Å²) in [5, 5.41) is 2.78. The fourth-order valence-electron chi connectivity index (χ4n) is 0.892. The van der Waals surface area contributed by atoms with Gasteiger partial charge in [0.05, 0.1) is 24.1 Å². The summed E-state index contributed by atoms with van der Waals surface area (Å²) in [5.74, 6) is 0.0424. The number of carbonyl (C=O) groups excluding carboxylic acids is 1. The normalized spacial score (nSPS) is 10.3. The molecule has 76 valence electrons. The maximum Gasteiger partial charge on any atom is 0.222 e. The van der Waals surface area contributed by atoms with Crippen molar-refractivity contribution in [3.63, 3.8) is 0 Å². The molecule has 0 fully saturated rings. The lowest BCUT2D eigenvalue weighted by molar-refractivity contribution is -0.124. The average Bonchev–Trinajstić information content (AvgIpc) is 2.16. The van der Waals surface area contributed by atoms with Crippen molar-refractivity contribution < 1.29 is 4.79 Å². The molecule has 0 aliphatic heterocycles. The van der Waals surface area contributed by atoms with E-state index in [1.165, 1.54) is 0 Å². The summed E-state index contributed by atoms with van der Waals surface area (Å²) in [6.45, 7) is 6.04. The lowest BCUT2D eigenvalue weighted by Crippen LogP contribution is -2.27. The van der Waals surface area contributed by atoms with Crippen LogP contribution in [-0.4, -0.2) is 15.9 Å². The fraction of sp³-hybridized carbons (Fsp3) is 0.500. The number of nitrogens with one attached hydrogen (secondary N) is 1. The van der Waals surface area contributed by atoms with Crippen LogP contribution in [0.3, 0.4) is 0 Å². The Hall–Kier alpha value is -1.45. The van der Waals surface area contributed by atoms with E-state index in [4.69, 9.17) is 0 Å². The summed E-state index contributed by atoms with van der Waals surface area (Å²) in [5.41, 5.74) is 1.66. The number of hydrogen-bond acceptors (Lipinski definition) is 3. The van der Waals surface area contributed by atoms with Gasteiger partial charge in [0.2, 0.25) is 5.91 Å². The predicted molar refractivity (Wildman–Crippen MR) is 53.5 cm³/mol. The van der Waals surface area contributed by atoms with Crippen molar-refractivity contribution in [2.75, 3.05) is 0 Å². The Morgan fingerprint density at radius 3 is 2.64 bits per heavy atom. The molecular formula is C10H15N3O. The van der Waals surface area contributed by atoms with Crippen LogP contribution in [0.15, 0.2) is 12.4 Å². The molecular weight excluding hydrogens is 178 g/mol. The minimum Gasteiger partial charge on any atom is -0.350 e. The highest BCUT2D eigenvalue weighted by Crippen LogP contribution is 1.95. The molecule has 0 radical (unpaired) electrons. The first-order valence-electron chi connectivity index (χ1n) is 4.65. The first kappa shape index (κ1) is 10.6. The Kier molecular flexibility index (Phi) is 3.56. The summed E-state index contributed by atoms with van der Waals surface area (Å²) in [7, 11) is 0. The molecule has 0 saturated heterocycles. The molecule has 0 unspecified atom stereocenters. The molecule has 1 N–H and O–H groups in total. The van der Waals surface area contributed by atoms with Crippen LogP contribution in [0.2, 0.25) is 0 Å². The molecule has 1 amide bonds. The number of carbonyl (C=O) groups is 1. The second-order valence-corrected chi connectivity index (χ2v) is 3.52. The monoisotopic (exact) mass is 193 g/mol. The third-order valence-corrected chi connectivity index (χ3v) is 1.80. The van der Waals surface area contributed by atoms with Gasteiger partial charge < -0.3 is 5.32 Å². The number of aromatic nitrogens is 2. The minimum atomic E-state index is 0.00778. The van der Waals surface area contributed by atoms with Gasteiger partial charge in [0, 0.05) is 12.1 Å². The van der Waals surface area contributed by atoms with Crippen LogP contribution in [0.25, 0.3) is 0 Å². The molecule has 0 spiro atoms. The van der Waals surface area contributed by atoms with E-state index in [0.29, 0.717) is 6.54 Å². The van der Waals surface area contributed by atoms with Crippen LogP contribution in [0, 0.1) is 12.8 Å². The lowest BCUT2D eigenvalue weighted by Gasteiger charge is -2.06. The highest BCUT2D eigenvalue weighted by molar-refractivity contribution is 5.77. The van der Waals surface area contributed by atoms with Gasteiger partial charge in [0.15, 0.2) is 0 Å². The zero-order valence-corrected chi connectivity index (χ0v) is 8.74. The molecule has 4 nitrogen and oxygen atoms in total. The van der Waals surface area contributed by atoms with Crippen LogP contribution in [0.4, 0.5) is 0 Å². The third-order valence-electron chi connectivity index (χ3n) is 1.80. The molecule has 0 bridgehead atoms. The fourth-order valence-corrected chi connectivity index (χ4v) is 0.892. The van der Waals surface area contributed by atoms with Crippen LogP contribution in [0.5, 0.6) is 0 Å². The quantitative estimate of drug-likeness (QED) is 0.780. The van der Waals surface area contributed by atoms with E-state index >= 15 is 0 Å². The summed E-state index contributed by atoms with van der Waals surface area (Å²) in [6.07, 6.45) is 3.37. The van der Waals surface area contributed by atoms with E-state index in [1.54, 1.807) is 12.4 Å². The van der Waals surface area contributed by atoms with E-state index in [1.807, 2.05) is 20.8 Å². The molecule has 1 heterocycles. The lowest BCUT2D eigenvalue weighted by atomic mass is 10.2. The van der Waals surface area contributed by atoms with Gasteiger partial charge in [-0.15, -0.1) is 0 Å². The van der Waals surface area contributed by atoms with Crippen LogP contribution < -0.4 is 5.32 Å². The van der Waals surface area contributed by atoms with Gasteiger partial charge in [-0.3, -0.25) is 14.8 Å². The zero-order chi connectivity index (χ0) is 10.6. The Morgan fingerprint density at radius 1 is 1.43 bits per heavy atom. The van der Waals surface area contributed by atoms with E-state index < -0.39 is 0 Å². The van der Waals surface area contributed by atoms with Gasteiger partial charge in [-0.1, -0.05) is 13.8 Å². The Balaban J connectivity index is 2.46. The molecule has 1 aromatic rings. The molecule has 0 aliphatic rings. The number of amides is 1. The summed E-state index contributed by atoms with van der Waals surface area (Å²) in [4.78, 5) is 19.4. The standard InChI is InChI=1S/C10H15N3O/c1-7(2)10(14)13-6-9-5-11-8(3)4-12-9/h4-5,7H,6H2,1-3H3,(H,13,14). The first-order valence-corrected chi connectivity index (χ1v) is 4.65. The van der Waals surface area contributed by atoms with Gasteiger partial charge in [-0.05, 0) is 6.92 Å². The van der Waals surface area contributed by atoms with Crippen molar-refractivity contribution in [1.29, 1.82) is 0 Å². The summed E-state index contributed by atoms with van der Waals surface area (Å²) < 4.78 is 0. The largest absolute Gasteiger partial charge is 0.350 e. The Labute approximate surface area is 83.8 Å². The highest BCUT2D eigenvalue weighted by atomic mass is 16.1. The third kappa shape index (κ3) is 3.12.